The molecule has 3 rings (SSSR count). The predicted octanol–water partition coefficient (Wildman–Crippen LogP) is 2.97. The Labute approximate surface area is 114 Å². The molecule has 3 nitrogen and oxygen atoms in total. The van der Waals surface area contributed by atoms with E-state index in [2.05, 4.69) is 31.2 Å². The first-order valence-electron chi connectivity index (χ1n) is 7.10. The van der Waals surface area contributed by atoms with Crippen LogP contribution in [0, 0.1) is 5.92 Å². The Hall–Kier alpha value is -0.610. The van der Waals surface area contributed by atoms with Crippen molar-refractivity contribution in [1.29, 1.82) is 0 Å². The zero-order chi connectivity index (χ0) is 12.7. The second-order valence-electron chi connectivity index (χ2n) is 5.73. The van der Waals surface area contributed by atoms with Gasteiger partial charge < -0.3 is 10.2 Å². The smallest absolute Gasteiger partial charge is 0.185 e. The van der Waals surface area contributed by atoms with Crippen LogP contribution in [-0.4, -0.2) is 25.1 Å². The first kappa shape index (κ1) is 12.4. The third-order valence-electron chi connectivity index (χ3n) is 4.51. The first-order chi connectivity index (χ1) is 8.70. The number of nitrogens with zero attached hydrogens (tertiary/aromatic N) is 2. The number of hydrogen-bond donors (Lipinski definition) is 1. The number of thiazole rings is 1. The van der Waals surface area contributed by atoms with Gasteiger partial charge in [0.05, 0.1) is 11.7 Å². The van der Waals surface area contributed by atoms with Crippen molar-refractivity contribution in [3.63, 3.8) is 0 Å². The monoisotopic (exact) mass is 265 g/mol. The Bertz CT molecular complexity index is 425. The lowest BCUT2D eigenvalue weighted by Crippen LogP contribution is -2.30. The van der Waals surface area contributed by atoms with Gasteiger partial charge in [-0.15, -0.1) is 11.3 Å². The van der Waals surface area contributed by atoms with E-state index in [1.807, 2.05) is 11.3 Å². The van der Waals surface area contributed by atoms with Gasteiger partial charge in [-0.2, -0.15) is 0 Å². The molecule has 2 atom stereocenters. The Balaban J connectivity index is 1.83. The Morgan fingerprint density at radius 3 is 2.83 bits per heavy atom. The minimum Gasteiger partial charge on any atom is -0.348 e. The SMILES string of the molecule is CNC1CCCc2sc(N(C)C(C)C3CC3)nc21. The van der Waals surface area contributed by atoms with Gasteiger partial charge in [0.2, 0.25) is 0 Å². The van der Waals surface area contributed by atoms with E-state index in [1.54, 1.807) is 0 Å². The van der Waals surface area contributed by atoms with Crippen molar-refractivity contribution in [2.45, 2.75) is 51.1 Å². The van der Waals surface area contributed by atoms with E-state index in [4.69, 9.17) is 4.98 Å². The fourth-order valence-electron chi connectivity index (χ4n) is 2.91. The number of nitrogens with one attached hydrogen (secondary N) is 1. The summed E-state index contributed by atoms with van der Waals surface area (Å²) in [4.78, 5) is 8.82. The van der Waals surface area contributed by atoms with Crippen LogP contribution in [0.5, 0.6) is 0 Å². The minimum absolute atomic E-state index is 0.475. The summed E-state index contributed by atoms with van der Waals surface area (Å²) in [6.07, 6.45) is 6.54. The van der Waals surface area contributed by atoms with Crippen LogP contribution < -0.4 is 10.2 Å². The number of hydrogen-bond acceptors (Lipinski definition) is 4. The molecule has 1 heterocycles. The van der Waals surface area contributed by atoms with Crippen LogP contribution in [-0.2, 0) is 6.42 Å². The summed E-state index contributed by atoms with van der Waals surface area (Å²) in [7, 11) is 4.26. The second-order valence-corrected chi connectivity index (χ2v) is 6.79. The molecule has 0 saturated heterocycles. The number of aromatic nitrogens is 1. The Morgan fingerprint density at radius 1 is 1.39 bits per heavy atom. The number of anilines is 1. The van der Waals surface area contributed by atoms with Crippen molar-refractivity contribution < 1.29 is 0 Å². The fourth-order valence-corrected chi connectivity index (χ4v) is 4.12. The molecule has 18 heavy (non-hydrogen) atoms. The van der Waals surface area contributed by atoms with Crippen LogP contribution in [0.25, 0.3) is 0 Å². The molecule has 0 aromatic carbocycles. The third-order valence-corrected chi connectivity index (χ3v) is 5.73. The second kappa shape index (κ2) is 4.82. The topological polar surface area (TPSA) is 28.2 Å². The molecule has 2 unspecified atom stereocenters. The van der Waals surface area contributed by atoms with Gasteiger partial charge in [0, 0.05) is 18.0 Å². The average Bonchev–Trinajstić information content (AvgIpc) is 3.15. The highest BCUT2D eigenvalue weighted by Crippen LogP contribution is 2.40. The van der Waals surface area contributed by atoms with E-state index in [0.29, 0.717) is 12.1 Å². The largest absolute Gasteiger partial charge is 0.348 e. The molecule has 1 aromatic heterocycles. The molecule has 0 spiro atoms. The molecule has 0 radical (unpaired) electrons. The van der Waals surface area contributed by atoms with E-state index in [1.165, 1.54) is 47.8 Å². The quantitative estimate of drug-likeness (QED) is 0.907. The van der Waals surface area contributed by atoms with E-state index in [9.17, 15) is 0 Å². The van der Waals surface area contributed by atoms with Gasteiger partial charge in [0.1, 0.15) is 0 Å². The fraction of sp³-hybridized carbons (Fsp3) is 0.786. The maximum absolute atomic E-state index is 4.92. The standard InChI is InChI=1S/C14H23N3S/c1-9(10-7-8-10)17(3)14-16-13-11(15-2)5-4-6-12(13)18-14/h9-11,15H,4-8H2,1-3H3. The summed E-state index contributed by atoms with van der Waals surface area (Å²) < 4.78 is 0. The molecule has 4 heteroatoms. The van der Waals surface area contributed by atoms with Crippen LogP contribution in [0.2, 0.25) is 0 Å². The Kier molecular flexibility index (Phi) is 3.32. The number of fused-ring (bicyclic) bond motifs is 1. The maximum atomic E-state index is 4.92. The van der Waals surface area contributed by atoms with Crippen LogP contribution in [0.4, 0.5) is 5.13 Å². The van der Waals surface area contributed by atoms with Crippen LogP contribution in [0.15, 0.2) is 0 Å². The molecule has 0 amide bonds. The summed E-state index contributed by atoms with van der Waals surface area (Å²) in [5.74, 6) is 0.899. The highest BCUT2D eigenvalue weighted by Gasteiger charge is 2.32. The highest BCUT2D eigenvalue weighted by atomic mass is 32.1. The summed E-state index contributed by atoms with van der Waals surface area (Å²) in [6.45, 7) is 2.34. The van der Waals surface area contributed by atoms with Gasteiger partial charge in [-0.05, 0) is 52.0 Å². The van der Waals surface area contributed by atoms with Crippen LogP contribution in [0.1, 0.15) is 49.2 Å². The van der Waals surface area contributed by atoms with Gasteiger partial charge in [-0.3, -0.25) is 0 Å². The van der Waals surface area contributed by atoms with E-state index < -0.39 is 0 Å². The lowest BCUT2D eigenvalue weighted by atomic mass is 9.98. The van der Waals surface area contributed by atoms with Gasteiger partial charge in [0.15, 0.2) is 5.13 Å². The third kappa shape index (κ3) is 2.16. The molecule has 2 aliphatic carbocycles. The first-order valence-corrected chi connectivity index (χ1v) is 7.92. The maximum Gasteiger partial charge on any atom is 0.185 e. The van der Waals surface area contributed by atoms with Crippen molar-refractivity contribution in [3.8, 4) is 0 Å². The molecular formula is C14H23N3S. The van der Waals surface area contributed by atoms with Crippen LogP contribution in [0.3, 0.4) is 0 Å². The lowest BCUT2D eigenvalue weighted by molar-refractivity contribution is 0.489. The predicted molar refractivity (Wildman–Crippen MR) is 77.4 cm³/mol. The van der Waals surface area contributed by atoms with E-state index in [0.717, 1.165) is 5.92 Å². The molecule has 0 bridgehead atoms. The van der Waals surface area contributed by atoms with Gasteiger partial charge in [-0.25, -0.2) is 4.98 Å². The summed E-state index contributed by atoms with van der Waals surface area (Å²) >= 11 is 1.91. The van der Waals surface area contributed by atoms with Crippen molar-refractivity contribution in [2.75, 3.05) is 19.0 Å². The normalized spacial score (nSPS) is 24.7. The molecule has 2 aliphatic rings. The molecule has 1 N–H and O–H groups in total. The molecule has 1 saturated carbocycles. The highest BCUT2D eigenvalue weighted by molar-refractivity contribution is 7.15. The minimum atomic E-state index is 0.475. The van der Waals surface area contributed by atoms with Gasteiger partial charge in [0.25, 0.3) is 0 Å². The van der Waals surface area contributed by atoms with Gasteiger partial charge in [-0.1, -0.05) is 0 Å². The van der Waals surface area contributed by atoms with E-state index in [-0.39, 0.29) is 0 Å². The Morgan fingerprint density at radius 2 is 2.17 bits per heavy atom. The number of aryl methyl sites for hydroxylation is 1. The van der Waals surface area contributed by atoms with E-state index >= 15 is 0 Å². The molecule has 1 aromatic rings. The van der Waals surface area contributed by atoms with Gasteiger partial charge >= 0.3 is 0 Å². The summed E-state index contributed by atoms with van der Waals surface area (Å²) in [6, 6.07) is 1.12. The van der Waals surface area contributed by atoms with Crippen LogP contribution >= 0.6 is 11.3 Å². The van der Waals surface area contributed by atoms with Crippen molar-refractivity contribution >= 4 is 16.5 Å². The summed E-state index contributed by atoms with van der Waals surface area (Å²) in [5.41, 5.74) is 1.32. The number of rotatable bonds is 4. The molecule has 100 valence electrons. The van der Waals surface area contributed by atoms with Crippen molar-refractivity contribution in [2.24, 2.45) is 5.92 Å². The molecular weight excluding hydrogens is 242 g/mol. The average molecular weight is 265 g/mol. The van der Waals surface area contributed by atoms with Crippen molar-refractivity contribution in [1.82, 2.24) is 10.3 Å². The molecule has 0 aliphatic heterocycles. The lowest BCUT2D eigenvalue weighted by Gasteiger charge is -2.24. The summed E-state index contributed by atoms with van der Waals surface area (Å²) in [5, 5.41) is 4.63. The zero-order valence-electron chi connectivity index (χ0n) is 11.6. The zero-order valence-corrected chi connectivity index (χ0v) is 12.4. The molecule has 1 fully saturated rings. The van der Waals surface area contributed by atoms with Crippen molar-refractivity contribution in [3.05, 3.63) is 10.6 Å².